The first-order chi connectivity index (χ1) is 7.78. The molecule has 0 saturated heterocycles. The van der Waals surface area contributed by atoms with Crippen molar-refractivity contribution in [2.75, 3.05) is 0 Å². The summed E-state index contributed by atoms with van der Waals surface area (Å²) in [6, 6.07) is 7.73. The summed E-state index contributed by atoms with van der Waals surface area (Å²) in [5.74, 6) is 0.455. The third kappa shape index (κ3) is 2.81. The lowest BCUT2D eigenvalue weighted by Gasteiger charge is -2.01. The Hall–Kier alpha value is -1.39. The Morgan fingerprint density at radius 3 is 2.62 bits per heavy atom. The molecule has 4 nitrogen and oxygen atoms in total. The highest BCUT2D eigenvalue weighted by molar-refractivity contribution is 6.30. The summed E-state index contributed by atoms with van der Waals surface area (Å²) < 4.78 is 1.72. The second-order valence-electron chi connectivity index (χ2n) is 3.46. The van der Waals surface area contributed by atoms with E-state index in [1.807, 2.05) is 24.3 Å². The van der Waals surface area contributed by atoms with Gasteiger partial charge in [0.1, 0.15) is 12.9 Å². The lowest BCUT2D eigenvalue weighted by atomic mass is 10.1. The van der Waals surface area contributed by atoms with Crippen molar-refractivity contribution in [2.45, 2.75) is 19.6 Å². The van der Waals surface area contributed by atoms with Crippen molar-refractivity contribution in [3.63, 3.8) is 0 Å². The van der Waals surface area contributed by atoms with Crippen LogP contribution >= 0.6 is 11.6 Å². The zero-order valence-electron chi connectivity index (χ0n) is 8.67. The van der Waals surface area contributed by atoms with Gasteiger partial charge in [-0.3, -0.25) is 4.68 Å². The molecule has 0 fully saturated rings. The highest BCUT2D eigenvalue weighted by Crippen LogP contribution is 2.10. The maximum absolute atomic E-state index is 8.81. The van der Waals surface area contributed by atoms with Crippen molar-refractivity contribution in [1.29, 1.82) is 0 Å². The van der Waals surface area contributed by atoms with Gasteiger partial charge in [-0.25, -0.2) is 4.98 Å². The Morgan fingerprint density at radius 1 is 1.25 bits per heavy atom. The van der Waals surface area contributed by atoms with Crippen LogP contribution in [-0.4, -0.2) is 19.9 Å². The minimum atomic E-state index is -0.117. The maximum Gasteiger partial charge on any atom is 0.175 e. The van der Waals surface area contributed by atoms with E-state index in [1.54, 1.807) is 11.0 Å². The molecule has 1 aromatic carbocycles. The van der Waals surface area contributed by atoms with E-state index in [0.717, 1.165) is 18.0 Å². The van der Waals surface area contributed by atoms with Crippen molar-refractivity contribution >= 4 is 11.6 Å². The van der Waals surface area contributed by atoms with Crippen molar-refractivity contribution in [3.8, 4) is 0 Å². The van der Waals surface area contributed by atoms with E-state index >= 15 is 0 Å². The van der Waals surface area contributed by atoms with Crippen molar-refractivity contribution in [1.82, 2.24) is 14.8 Å². The van der Waals surface area contributed by atoms with E-state index in [1.165, 1.54) is 5.56 Å². The fourth-order valence-electron chi connectivity index (χ4n) is 1.41. The Bertz CT molecular complexity index is 453. The summed E-state index contributed by atoms with van der Waals surface area (Å²) in [7, 11) is 0. The molecular weight excluding hydrogens is 226 g/mol. The van der Waals surface area contributed by atoms with Crippen molar-refractivity contribution in [3.05, 3.63) is 47.0 Å². The number of rotatable bonds is 4. The monoisotopic (exact) mass is 237 g/mol. The number of aromatic nitrogens is 3. The number of aliphatic hydroxyl groups excluding tert-OH is 1. The maximum atomic E-state index is 8.81. The van der Waals surface area contributed by atoms with Gasteiger partial charge < -0.3 is 5.11 Å². The average molecular weight is 238 g/mol. The molecule has 0 radical (unpaired) electrons. The van der Waals surface area contributed by atoms with Crippen LogP contribution in [0, 0.1) is 0 Å². The summed E-state index contributed by atoms with van der Waals surface area (Å²) in [5, 5.41) is 13.6. The van der Waals surface area contributed by atoms with Crippen molar-refractivity contribution in [2.24, 2.45) is 0 Å². The van der Waals surface area contributed by atoms with Crippen LogP contribution in [0.4, 0.5) is 0 Å². The minimum Gasteiger partial charge on any atom is -0.388 e. The van der Waals surface area contributed by atoms with Gasteiger partial charge in [-0.1, -0.05) is 23.7 Å². The number of hydrogen-bond donors (Lipinski definition) is 1. The first-order valence-corrected chi connectivity index (χ1v) is 5.39. The van der Waals surface area contributed by atoms with E-state index in [2.05, 4.69) is 10.1 Å². The quantitative estimate of drug-likeness (QED) is 0.880. The molecule has 0 aliphatic carbocycles. The largest absolute Gasteiger partial charge is 0.388 e. The van der Waals surface area contributed by atoms with Gasteiger partial charge in [0.25, 0.3) is 0 Å². The molecule has 0 atom stereocenters. The number of nitrogens with zero attached hydrogens (tertiary/aromatic N) is 3. The molecule has 1 heterocycles. The van der Waals surface area contributed by atoms with Gasteiger partial charge in [-0.2, -0.15) is 5.10 Å². The lowest BCUT2D eigenvalue weighted by Crippen LogP contribution is -2.02. The fraction of sp³-hybridized carbons (Fsp3) is 0.273. The zero-order valence-corrected chi connectivity index (χ0v) is 9.43. The molecule has 1 aromatic heterocycles. The van der Waals surface area contributed by atoms with E-state index in [-0.39, 0.29) is 6.61 Å². The first kappa shape index (κ1) is 11.1. The Labute approximate surface area is 98.5 Å². The Morgan fingerprint density at radius 2 is 2.00 bits per heavy atom. The van der Waals surface area contributed by atoms with Gasteiger partial charge in [0.2, 0.25) is 0 Å². The molecular formula is C11H12ClN3O. The highest BCUT2D eigenvalue weighted by atomic mass is 35.5. The number of aryl methyl sites for hydroxylation is 2. The number of aliphatic hydroxyl groups is 1. The predicted molar refractivity (Wildman–Crippen MR) is 61.1 cm³/mol. The topological polar surface area (TPSA) is 50.9 Å². The van der Waals surface area contributed by atoms with E-state index in [4.69, 9.17) is 16.7 Å². The molecule has 0 aliphatic rings. The molecule has 2 aromatic rings. The van der Waals surface area contributed by atoms with Gasteiger partial charge in [0, 0.05) is 11.6 Å². The summed E-state index contributed by atoms with van der Waals surface area (Å²) in [6.45, 7) is 0.628. The number of benzene rings is 1. The van der Waals surface area contributed by atoms with E-state index in [0.29, 0.717) is 5.82 Å². The molecule has 0 amide bonds. The second-order valence-corrected chi connectivity index (χ2v) is 3.89. The molecule has 0 bridgehead atoms. The molecule has 5 heteroatoms. The third-order valence-corrected chi connectivity index (χ3v) is 2.52. The van der Waals surface area contributed by atoms with Crippen LogP contribution in [0.25, 0.3) is 0 Å². The molecule has 2 rings (SSSR count). The Balaban J connectivity index is 1.94. The third-order valence-electron chi connectivity index (χ3n) is 2.27. The summed E-state index contributed by atoms with van der Waals surface area (Å²) in [6.07, 6.45) is 2.49. The van der Waals surface area contributed by atoms with Crippen LogP contribution in [0.2, 0.25) is 5.02 Å². The van der Waals surface area contributed by atoms with Crippen LogP contribution in [0.3, 0.4) is 0 Å². The zero-order chi connectivity index (χ0) is 11.4. The fourth-order valence-corrected chi connectivity index (χ4v) is 1.53. The molecule has 0 spiro atoms. The molecule has 16 heavy (non-hydrogen) atoms. The second kappa shape index (κ2) is 5.09. The van der Waals surface area contributed by atoms with Gasteiger partial charge in [-0.15, -0.1) is 0 Å². The van der Waals surface area contributed by atoms with E-state index < -0.39 is 0 Å². The highest BCUT2D eigenvalue weighted by Gasteiger charge is 1.99. The first-order valence-electron chi connectivity index (χ1n) is 5.01. The normalized spacial score (nSPS) is 10.6. The van der Waals surface area contributed by atoms with Crippen LogP contribution in [0.1, 0.15) is 11.4 Å². The molecule has 0 saturated carbocycles. The van der Waals surface area contributed by atoms with Crippen molar-refractivity contribution < 1.29 is 5.11 Å². The molecule has 0 aliphatic heterocycles. The number of halogens is 1. The summed E-state index contributed by atoms with van der Waals surface area (Å²) in [4.78, 5) is 3.94. The lowest BCUT2D eigenvalue weighted by molar-refractivity contribution is 0.270. The minimum absolute atomic E-state index is 0.117. The van der Waals surface area contributed by atoms with E-state index in [9.17, 15) is 0 Å². The summed E-state index contributed by atoms with van der Waals surface area (Å²) >= 11 is 5.80. The van der Waals surface area contributed by atoms with Gasteiger partial charge >= 0.3 is 0 Å². The SMILES string of the molecule is OCc1ncn(CCc2ccc(Cl)cc2)n1. The summed E-state index contributed by atoms with van der Waals surface area (Å²) in [5.41, 5.74) is 1.20. The van der Waals surface area contributed by atoms with Crippen LogP contribution < -0.4 is 0 Å². The molecule has 84 valence electrons. The van der Waals surface area contributed by atoms with Crippen LogP contribution in [0.15, 0.2) is 30.6 Å². The van der Waals surface area contributed by atoms with Crippen LogP contribution in [-0.2, 0) is 19.6 Å². The Kier molecular flexibility index (Phi) is 3.54. The molecule has 0 unspecified atom stereocenters. The average Bonchev–Trinajstić information content (AvgIpc) is 2.76. The van der Waals surface area contributed by atoms with Crippen LogP contribution in [0.5, 0.6) is 0 Å². The van der Waals surface area contributed by atoms with Gasteiger partial charge in [0.05, 0.1) is 0 Å². The van der Waals surface area contributed by atoms with Gasteiger partial charge in [0.15, 0.2) is 5.82 Å². The smallest absolute Gasteiger partial charge is 0.175 e. The van der Waals surface area contributed by atoms with Gasteiger partial charge in [-0.05, 0) is 24.1 Å². The number of hydrogen-bond acceptors (Lipinski definition) is 3. The molecule has 1 N–H and O–H groups in total. The predicted octanol–water partition coefficient (Wildman–Crippen LogP) is 1.67. The standard InChI is InChI=1S/C11H12ClN3O/c12-10-3-1-9(2-4-10)5-6-15-8-13-11(7-16)14-15/h1-4,8,16H,5-7H2.